The zero-order valence-corrected chi connectivity index (χ0v) is 10.3. The molecule has 0 atom stereocenters. The van der Waals surface area contributed by atoms with Crippen LogP contribution in [0, 0.1) is 12.8 Å². The summed E-state index contributed by atoms with van der Waals surface area (Å²) in [6, 6.07) is 0. The molecule has 0 aromatic carbocycles. The summed E-state index contributed by atoms with van der Waals surface area (Å²) in [6.45, 7) is 5.74. The first kappa shape index (κ1) is 13.3. The Morgan fingerprint density at radius 2 is 2.12 bits per heavy atom. The Morgan fingerprint density at radius 3 is 2.65 bits per heavy atom. The zero-order chi connectivity index (χ0) is 13.0. The minimum Gasteiger partial charge on any atom is -0.478 e. The number of carboxylic acids is 1. The first-order chi connectivity index (χ1) is 7.91. The Kier molecular flexibility index (Phi) is 4.31. The number of anilines is 1. The van der Waals surface area contributed by atoms with Gasteiger partial charge in [0.15, 0.2) is 0 Å². The van der Waals surface area contributed by atoms with Crippen molar-refractivity contribution in [2.24, 2.45) is 5.92 Å². The van der Waals surface area contributed by atoms with Crippen LogP contribution in [0.2, 0.25) is 0 Å². The third kappa shape index (κ3) is 3.62. The summed E-state index contributed by atoms with van der Waals surface area (Å²) >= 11 is 0. The van der Waals surface area contributed by atoms with E-state index in [4.69, 9.17) is 5.11 Å². The molecular weight excluding hydrogens is 220 g/mol. The fourth-order valence-electron chi connectivity index (χ4n) is 1.53. The first-order valence-corrected chi connectivity index (χ1v) is 5.63. The second-order valence-corrected chi connectivity index (χ2v) is 4.49. The summed E-state index contributed by atoms with van der Waals surface area (Å²) in [5.74, 6) is -0.740. The van der Waals surface area contributed by atoms with Gasteiger partial charge in [0.25, 0.3) is 0 Å². The van der Waals surface area contributed by atoms with E-state index >= 15 is 0 Å². The molecule has 0 spiro atoms. The molecule has 1 heterocycles. The quantitative estimate of drug-likeness (QED) is 0.736. The lowest BCUT2D eigenvalue weighted by Gasteiger charge is -2.06. The number of hydrogen-bond donors (Lipinski definition) is 3. The van der Waals surface area contributed by atoms with Gasteiger partial charge in [-0.05, 0) is 19.3 Å². The molecule has 5 nitrogen and oxygen atoms in total. The van der Waals surface area contributed by atoms with Gasteiger partial charge in [0.05, 0.1) is 5.69 Å². The van der Waals surface area contributed by atoms with Crippen molar-refractivity contribution < 1.29 is 14.7 Å². The Morgan fingerprint density at radius 1 is 1.47 bits per heavy atom. The van der Waals surface area contributed by atoms with Crippen LogP contribution in [0.15, 0.2) is 6.20 Å². The molecule has 94 valence electrons. The summed E-state index contributed by atoms with van der Waals surface area (Å²) in [6.07, 6.45) is 2.70. The van der Waals surface area contributed by atoms with Crippen molar-refractivity contribution in [1.82, 2.24) is 4.98 Å². The molecule has 0 aliphatic rings. The fraction of sp³-hybridized carbons (Fsp3) is 0.500. The van der Waals surface area contributed by atoms with Crippen molar-refractivity contribution in [1.29, 1.82) is 0 Å². The molecule has 0 saturated heterocycles. The fourth-order valence-corrected chi connectivity index (χ4v) is 1.53. The maximum atomic E-state index is 11.6. The molecule has 0 fully saturated rings. The van der Waals surface area contributed by atoms with E-state index in [2.05, 4.69) is 10.3 Å². The van der Waals surface area contributed by atoms with E-state index in [1.165, 1.54) is 6.20 Å². The van der Waals surface area contributed by atoms with Crippen LogP contribution in [0.4, 0.5) is 5.69 Å². The zero-order valence-electron chi connectivity index (χ0n) is 10.3. The lowest BCUT2D eigenvalue weighted by molar-refractivity contribution is -0.116. The Bertz CT molecular complexity index is 421. The average molecular weight is 238 g/mol. The van der Waals surface area contributed by atoms with Crippen LogP contribution in [0.3, 0.4) is 0 Å². The molecule has 3 N–H and O–H groups in total. The third-order valence-corrected chi connectivity index (χ3v) is 2.51. The highest BCUT2D eigenvalue weighted by atomic mass is 16.4. The summed E-state index contributed by atoms with van der Waals surface area (Å²) in [4.78, 5) is 25.4. The molecule has 0 unspecified atom stereocenters. The van der Waals surface area contributed by atoms with Crippen LogP contribution in [0.1, 0.15) is 42.7 Å². The van der Waals surface area contributed by atoms with Crippen molar-refractivity contribution in [3.63, 3.8) is 0 Å². The van der Waals surface area contributed by atoms with Gasteiger partial charge in [-0.15, -0.1) is 0 Å². The van der Waals surface area contributed by atoms with Gasteiger partial charge in [0.2, 0.25) is 5.91 Å². The molecule has 0 saturated carbocycles. The molecule has 0 radical (unpaired) electrons. The van der Waals surface area contributed by atoms with E-state index in [-0.39, 0.29) is 11.5 Å². The molecule has 17 heavy (non-hydrogen) atoms. The molecule has 1 rings (SSSR count). The second-order valence-electron chi connectivity index (χ2n) is 4.49. The van der Waals surface area contributed by atoms with Crippen molar-refractivity contribution >= 4 is 17.6 Å². The number of carbonyl (C=O) groups is 2. The summed E-state index contributed by atoms with van der Waals surface area (Å²) < 4.78 is 0. The molecule has 1 amide bonds. The highest BCUT2D eigenvalue weighted by Gasteiger charge is 2.16. The predicted molar refractivity (Wildman–Crippen MR) is 65.2 cm³/mol. The van der Waals surface area contributed by atoms with Crippen LogP contribution in [-0.2, 0) is 4.79 Å². The van der Waals surface area contributed by atoms with E-state index in [1.807, 2.05) is 13.8 Å². The van der Waals surface area contributed by atoms with Crippen molar-refractivity contribution in [2.75, 3.05) is 5.32 Å². The van der Waals surface area contributed by atoms with Crippen molar-refractivity contribution in [3.8, 4) is 0 Å². The minimum absolute atomic E-state index is 0.128. The molecular formula is C12H18N2O3. The van der Waals surface area contributed by atoms with E-state index in [0.29, 0.717) is 23.7 Å². The Balaban J connectivity index is 2.69. The van der Waals surface area contributed by atoms with Crippen LogP contribution >= 0.6 is 0 Å². The number of aromatic nitrogens is 1. The van der Waals surface area contributed by atoms with E-state index in [0.717, 1.165) is 6.42 Å². The third-order valence-electron chi connectivity index (χ3n) is 2.51. The number of nitrogens with one attached hydrogen (secondary N) is 2. The molecule has 0 bridgehead atoms. The lowest BCUT2D eigenvalue weighted by Crippen LogP contribution is -2.14. The summed E-state index contributed by atoms with van der Waals surface area (Å²) in [5, 5.41) is 11.6. The van der Waals surface area contributed by atoms with Gasteiger partial charge in [-0.1, -0.05) is 13.8 Å². The van der Waals surface area contributed by atoms with E-state index < -0.39 is 5.97 Å². The predicted octanol–water partition coefficient (Wildman–Crippen LogP) is 2.40. The van der Waals surface area contributed by atoms with E-state index in [9.17, 15) is 9.59 Å². The largest absolute Gasteiger partial charge is 0.478 e. The summed E-state index contributed by atoms with van der Waals surface area (Å²) in [7, 11) is 0. The highest BCUT2D eigenvalue weighted by molar-refractivity contribution is 6.01. The lowest BCUT2D eigenvalue weighted by atomic mass is 10.1. The van der Waals surface area contributed by atoms with Crippen LogP contribution < -0.4 is 5.32 Å². The van der Waals surface area contributed by atoms with Gasteiger partial charge in [0.1, 0.15) is 5.56 Å². The number of carbonyl (C=O) groups excluding carboxylic acids is 1. The van der Waals surface area contributed by atoms with Gasteiger partial charge < -0.3 is 15.4 Å². The maximum absolute atomic E-state index is 11.6. The van der Waals surface area contributed by atoms with Gasteiger partial charge in [-0.2, -0.15) is 0 Å². The van der Waals surface area contributed by atoms with Gasteiger partial charge in [-0.25, -0.2) is 4.79 Å². The number of aryl methyl sites for hydroxylation is 1. The van der Waals surface area contributed by atoms with Crippen LogP contribution in [0.5, 0.6) is 0 Å². The minimum atomic E-state index is -1.04. The topological polar surface area (TPSA) is 82.2 Å². The number of amides is 1. The average Bonchev–Trinajstić information content (AvgIpc) is 2.56. The Hall–Kier alpha value is -1.78. The highest BCUT2D eigenvalue weighted by Crippen LogP contribution is 2.19. The standard InChI is InChI=1S/C12H18N2O3/c1-7(2)4-5-10(15)14-9-6-13-8(3)11(9)12(16)17/h6-7,13H,4-5H2,1-3H3,(H,14,15)(H,16,17). The normalized spacial score (nSPS) is 10.6. The first-order valence-electron chi connectivity index (χ1n) is 5.63. The second kappa shape index (κ2) is 5.52. The number of rotatable bonds is 5. The van der Waals surface area contributed by atoms with Gasteiger partial charge in [0, 0.05) is 18.3 Å². The van der Waals surface area contributed by atoms with Crippen LogP contribution in [-0.4, -0.2) is 22.0 Å². The van der Waals surface area contributed by atoms with Crippen LogP contribution in [0.25, 0.3) is 0 Å². The number of carboxylic acid groups (broad SMARTS) is 1. The maximum Gasteiger partial charge on any atom is 0.339 e. The number of hydrogen-bond acceptors (Lipinski definition) is 2. The molecule has 0 aliphatic carbocycles. The van der Waals surface area contributed by atoms with Crippen molar-refractivity contribution in [2.45, 2.75) is 33.6 Å². The molecule has 1 aromatic heterocycles. The van der Waals surface area contributed by atoms with Gasteiger partial charge in [-0.3, -0.25) is 4.79 Å². The number of H-pyrrole nitrogens is 1. The number of aromatic carboxylic acids is 1. The van der Waals surface area contributed by atoms with Gasteiger partial charge >= 0.3 is 5.97 Å². The SMILES string of the molecule is Cc1[nH]cc(NC(=O)CCC(C)C)c1C(=O)O. The van der Waals surface area contributed by atoms with Crippen molar-refractivity contribution in [3.05, 3.63) is 17.5 Å². The smallest absolute Gasteiger partial charge is 0.339 e. The molecule has 5 heteroatoms. The summed E-state index contributed by atoms with van der Waals surface area (Å²) in [5.41, 5.74) is 1.00. The number of aromatic amines is 1. The molecule has 0 aliphatic heterocycles. The Labute approximate surface area is 100 Å². The molecule has 1 aromatic rings. The monoisotopic (exact) mass is 238 g/mol. The van der Waals surface area contributed by atoms with E-state index in [1.54, 1.807) is 6.92 Å².